The van der Waals surface area contributed by atoms with Crippen LogP contribution in [0.4, 0.5) is 4.39 Å². The van der Waals surface area contributed by atoms with Crippen LogP contribution >= 0.6 is 0 Å². The summed E-state index contributed by atoms with van der Waals surface area (Å²) in [6.45, 7) is 1.30. The normalized spacial score (nSPS) is 12.1. The second kappa shape index (κ2) is 4.00. The molecular weight excluding hydrogens is 187 g/mol. The Morgan fingerprint density at radius 2 is 1.79 bits per heavy atom. The van der Waals surface area contributed by atoms with Gasteiger partial charge in [-0.25, -0.2) is 4.39 Å². The van der Waals surface area contributed by atoms with Gasteiger partial charge in [0.05, 0.1) is 0 Å². The average Bonchev–Trinajstić information content (AvgIpc) is 2.16. The number of ketones is 1. The van der Waals surface area contributed by atoms with E-state index in [0.29, 0.717) is 0 Å². The highest BCUT2D eigenvalue weighted by atomic mass is 19.1. The summed E-state index contributed by atoms with van der Waals surface area (Å²) in [4.78, 5) is 21.9. The van der Waals surface area contributed by atoms with Crippen molar-refractivity contribution in [3.63, 3.8) is 0 Å². The molecule has 74 valence electrons. The molecule has 0 spiro atoms. The molecule has 0 bridgehead atoms. The van der Waals surface area contributed by atoms with E-state index in [-0.39, 0.29) is 5.56 Å². The molecule has 0 radical (unpaired) electrons. The summed E-state index contributed by atoms with van der Waals surface area (Å²) in [5.74, 6) is -3.25. The standard InChI is InChI=1S/C10H9FO3/c1-6(10(13)14)9(12)7-2-4-8(11)5-3-7/h2-6H,1H3,(H,13,14)/t6-/m1/s1. The second-order valence-electron chi connectivity index (χ2n) is 2.93. The van der Waals surface area contributed by atoms with Crippen LogP contribution in [0.2, 0.25) is 0 Å². The van der Waals surface area contributed by atoms with Crippen LogP contribution in [0.25, 0.3) is 0 Å². The number of hydrogen-bond donors (Lipinski definition) is 1. The van der Waals surface area contributed by atoms with Crippen LogP contribution in [0.3, 0.4) is 0 Å². The highest BCUT2D eigenvalue weighted by Gasteiger charge is 2.21. The van der Waals surface area contributed by atoms with Crippen molar-refractivity contribution in [3.05, 3.63) is 35.6 Å². The van der Waals surface area contributed by atoms with Crippen LogP contribution in [0.5, 0.6) is 0 Å². The molecule has 0 heterocycles. The Morgan fingerprint density at radius 3 is 2.21 bits per heavy atom. The number of halogens is 1. The quantitative estimate of drug-likeness (QED) is 0.591. The first kappa shape index (κ1) is 10.4. The highest BCUT2D eigenvalue weighted by Crippen LogP contribution is 2.09. The maximum absolute atomic E-state index is 12.5. The highest BCUT2D eigenvalue weighted by molar-refractivity contribution is 6.07. The number of carboxylic acid groups (broad SMARTS) is 1. The molecule has 0 aromatic heterocycles. The van der Waals surface area contributed by atoms with Crippen molar-refractivity contribution in [2.75, 3.05) is 0 Å². The number of benzene rings is 1. The maximum atomic E-state index is 12.5. The zero-order valence-electron chi connectivity index (χ0n) is 7.53. The third kappa shape index (κ3) is 2.16. The van der Waals surface area contributed by atoms with E-state index in [2.05, 4.69) is 0 Å². The van der Waals surface area contributed by atoms with Crippen molar-refractivity contribution in [1.82, 2.24) is 0 Å². The van der Waals surface area contributed by atoms with E-state index >= 15 is 0 Å². The second-order valence-corrected chi connectivity index (χ2v) is 2.93. The molecule has 0 aliphatic rings. The van der Waals surface area contributed by atoms with Gasteiger partial charge in [0, 0.05) is 5.56 Å². The Bertz CT molecular complexity index is 356. The van der Waals surface area contributed by atoms with Gasteiger partial charge in [0.1, 0.15) is 11.7 Å². The van der Waals surface area contributed by atoms with Crippen molar-refractivity contribution < 1.29 is 19.1 Å². The van der Waals surface area contributed by atoms with Gasteiger partial charge in [-0.15, -0.1) is 0 Å². The number of hydrogen-bond acceptors (Lipinski definition) is 2. The summed E-state index contributed by atoms with van der Waals surface area (Å²) in [6, 6.07) is 4.80. The van der Waals surface area contributed by atoms with E-state index in [0.717, 1.165) is 12.1 Å². The molecule has 1 N–H and O–H groups in total. The minimum atomic E-state index is -1.18. The summed E-state index contributed by atoms with van der Waals surface area (Å²) >= 11 is 0. The predicted octanol–water partition coefficient (Wildman–Crippen LogP) is 1.73. The number of rotatable bonds is 3. The van der Waals surface area contributed by atoms with Gasteiger partial charge < -0.3 is 5.11 Å². The molecule has 1 aromatic rings. The third-order valence-corrected chi connectivity index (χ3v) is 1.89. The summed E-state index contributed by atoms with van der Waals surface area (Å²) in [5, 5.41) is 8.57. The van der Waals surface area contributed by atoms with Gasteiger partial charge in [-0.05, 0) is 31.2 Å². The summed E-state index contributed by atoms with van der Waals surface area (Å²) in [5.41, 5.74) is 0.210. The molecular formula is C10H9FO3. The van der Waals surface area contributed by atoms with Gasteiger partial charge in [0.25, 0.3) is 0 Å². The smallest absolute Gasteiger partial charge is 0.314 e. The topological polar surface area (TPSA) is 54.4 Å². The minimum absolute atomic E-state index is 0.210. The molecule has 0 aliphatic heterocycles. The first-order valence-corrected chi connectivity index (χ1v) is 4.05. The van der Waals surface area contributed by atoms with Gasteiger partial charge >= 0.3 is 5.97 Å². The van der Waals surface area contributed by atoms with E-state index in [1.807, 2.05) is 0 Å². The fourth-order valence-corrected chi connectivity index (χ4v) is 0.976. The maximum Gasteiger partial charge on any atom is 0.314 e. The molecule has 1 aromatic carbocycles. The van der Waals surface area contributed by atoms with Crippen molar-refractivity contribution >= 4 is 11.8 Å². The number of carbonyl (C=O) groups excluding carboxylic acids is 1. The molecule has 0 aliphatic carbocycles. The molecule has 3 nitrogen and oxygen atoms in total. The van der Waals surface area contributed by atoms with Gasteiger partial charge in [-0.2, -0.15) is 0 Å². The molecule has 14 heavy (non-hydrogen) atoms. The lowest BCUT2D eigenvalue weighted by molar-refractivity contribution is -0.139. The Labute approximate surface area is 80.2 Å². The van der Waals surface area contributed by atoms with Gasteiger partial charge in [0.2, 0.25) is 0 Å². The fraction of sp³-hybridized carbons (Fsp3) is 0.200. The van der Waals surface area contributed by atoms with Crippen molar-refractivity contribution in [2.24, 2.45) is 5.92 Å². The van der Waals surface area contributed by atoms with Crippen LogP contribution < -0.4 is 0 Å². The predicted molar refractivity (Wildman–Crippen MR) is 47.5 cm³/mol. The lowest BCUT2D eigenvalue weighted by atomic mass is 10.00. The Kier molecular flexibility index (Phi) is 2.96. The molecule has 0 saturated carbocycles. The minimum Gasteiger partial charge on any atom is -0.481 e. The van der Waals surface area contributed by atoms with E-state index in [9.17, 15) is 14.0 Å². The number of carboxylic acids is 1. The lowest BCUT2D eigenvalue weighted by Gasteiger charge is -2.04. The van der Waals surface area contributed by atoms with Crippen molar-refractivity contribution in [1.29, 1.82) is 0 Å². The monoisotopic (exact) mass is 196 g/mol. The fourth-order valence-electron chi connectivity index (χ4n) is 0.976. The van der Waals surface area contributed by atoms with Crippen LogP contribution in [0.15, 0.2) is 24.3 Å². The molecule has 0 fully saturated rings. The zero-order chi connectivity index (χ0) is 10.7. The zero-order valence-corrected chi connectivity index (χ0v) is 7.53. The number of aliphatic carboxylic acids is 1. The largest absolute Gasteiger partial charge is 0.481 e. The van der Waals surface area contributed by atoms with Gasteiger partial charge in [-0.3, -0.25) is 9.59 Å². The van der Waals surface area contributed by atoms with Gasteiger partial charge in [0.15, 0.2) is 5.78 Å². The Hall–Kier alpha value is -1.71. The summed E-state index contributed by atoms with van der Waals surface area (Å²) in [6.07, 6.45) is 0. The molecule has 1 atom stereocenters. The lowest BCUT2D eigenvalue weighted by Crippen LogP contribution is -2.20. The summed E-state index contributed by atoms with van der Waals surface area (Å²) in [7, 11) is 0. The van der Waals surface area contributed by atoms with E-state index in [1.165, 1.54) is 19.1 Å². The van der Waals surface area contributed by atoms with Crippen molar-refractivity contribution in [2.45, 2.75) is 6.92 Å². The van der Waals surface area contributed by atoms with Crippen LogP contribution in [-0.2, 0) is 4.79 Å². The molecule has 1 rings (SSSR count). The third-order valence-electron chi connectivity index (χ3n) is 1.89. The Balaban J connectivity index is 2.90. The molecule has 0 saturated heterocycles. The molecule has 0 amide bonds. The first-order chi connectivity index (χ1) is 6.52. The number of carbonyl (C=O) groups is 2. The van der Waals surface area contributed by atoms with Crippen LogP contribution in [-0.4, -0.2) is 16.9 Å². The van der Waals surface area contributed by atoms with E-state index in [4.69, 9.17) is 5.11 Å². The molecule has 0 unspecified atom stereocenters. The molecule has 4 heteroatoms. The summed E-state index contributed by atoms with van der Waals surface area (Å²) < 4.78 is 12.5. The first-order valence-electron chi connectivity index (χ1n) is 4.05. The van der Waals surface area contributed by atoms with Gasteiger partial charge in [-0.1, -0.05) is 0 Å². The number of Topliss-reactive ketones (excluding diaryl/α,β-unsaturated/α-hetero) is 1. The van der Waals surface area contributed by atoms with E-state index < -0.39 is 23.5 Å². The van der Waals surface area contributed by atoms with Crippen LogP contribution in [0, 0.1) is 11.7 Å². The SMILES string of the molecule is C[C@@H](C(=O)O)C(=O)c1ccc(F)cc1. The average molecular weight is 196 g/mol. The van der Waals surface area contributed by atoms with E-state index in [1.54, 1.807) is 0 Å². The van der Waals surface area contributed by atoms with Crippen molar-refractivity contribution in [3.8, 4) is 0 Å². The van der Waals surface area contributed by atoms with Crippen LogP contribution in [0.1, 0.15) is 17.3 Å². The Morgan fingerprint density at radius 1 is 1.29 bits per heavy atom.